The predicted octanol–water partition coefficient (Wildman–Crippen LogP) is 3.57. The molecule has 1 saturated carbocycles. The Morgan fingerprint density at radius 2 is 1.86 bits per heavy atom. The van der Waals surface area contributed by atoms with Crippen LogP contribution in [0.3, 0.4) is 0 Å². The highest BCUT2D eigenvalue weighted by Gasteiger charge is 2.28. The van der Waals surface area contributed by atoms with Gasteiger partial charge in [-0.05, 0) is 52.0 Å². The molecular formula is C18H28N2O2. The second-order valence-electron chi connectivity index (χ2n) is 6.80. The van der Waals surface area contributed by atoms with Crippen molar-refractivity contribution in [3.05, 3.63) is 22.5 Å². The van der Waals surface area contributed by atoms with E-state index in [4.69, 9.17) is 0 Å². The number of hydrogen-bond donors (Lipinski definition) is 2. The van der Waals surface area contributed by atoms with E-state index < -0.39 is 0 Å². The van der Waals surface area contributed by atoms with Gasteiger partial charge in [0.05, 0.1) is 11.7 Å². The first-order chi connectivity index (χ1) is 10.3. The zero-order chi connectivity index (χ0) is 16.4. The van der Waals surface area contributed by atoms with Crippen LogP contribution in [-0.2, 0) is 0 Å². The number of carbonyl (C=O) groups is 2. The van der Waals surface area contributed by atoms with Gasteiger partial charge in [-0.25, -0.2) is 0 Å². The van der Waals surface area contributed by atoms with Crippen LogP contribution < -0.4 is 5.32 Å². The molecule has 1 fully saturated rings. The number of aromatic nitrogens is 1. The molecule has 2 rings (SSSR count). The molecule has 0 aliphatic heterocycles. The average molecular weight is 304 g/mol. The first-order valence-corrected chi connectivity index (χ1v) is 8.33. The number of carbonyl (C=O) groups excluding carboxylic acids is 2. The number of ketones is 2. The lowest BCUT2D eigenvalue weighted by atomic mass is 9.85. The Kier molecular flexibility index (Phi) is 5.22. The maximum absolute atomic E-state index is 12.7. The molecule has 0 saturated heterocycles. The molecule has 1 aromatic rings. The standard InChI is InChI=1S/C18H28N2O2/c1-10-8-6-7-9-15(10)19-13(4)18(22)17-11(2)16(14(5)21)12(3)20-17/h10,13,15,19-20H,6-9H2,1-5H3/t10-,13-,15+/m0/s1. The molecule has 0 radical (unpaired) electrons. The van der Waals surface area contributed by atoms with Gasteiger partial charge in [0.15, 0.2) is 11.6 Å². The lowest BCUT2D eigenvalue weighted by Gasteiger charge is -2.31. The summed E-state index contributed by atoms with van der Waals surface area (Å²) < 4.78 is 0. The fraction of sp³-hybridized carbons (Fsp3) is 0.667. The van der Waals surface area contributed by atoms with Gasteiger partial charge in [-0.2, -0.15) is 0 Å². The normalized spacial score (nSPS) is 23.3. The Morgan fingerprint density at radius 1 is 1.23 bits per heavy atom. The molecule has 122 valence electrons. The molecular weight excluding hydrogens is 276 g/mol. The van der Waals surface area contributed by atoms with Gasteiger partial charge in [-0.15, -0.1) is 0 Å². The van der Waals surface area contributed by atoms with Gasteiger partial charge in [-0.1, -0.05) is 19.8 Å². The Balaban J connectivity index is 2.14. The molecule has 1 heterocycles. The maximum atomic E-state index is 12.7. The Labute approximate surface area is 133 Å². The van der Waals surface area contributed by atoms with Crippen molar-refractivity contribution in [2.24, 2.45) is 5.92 Å². The van der Waals surface area contributed by atoms with E-state index in [2.05, 4.69) is 17.2 Å². The molecule has 0 spiro atoms. The largest absolute Gasteiger partial charge is 0.355 e. The van der Waals surface area contributed by atoms with E-state index in [1.807, 2.05) is 20.8 Å². The van der Waals surface area contributed by atoms with Crippen molar-refractivity contribution in [1.29, 1.82) is 0 Å². The number of aromatic amines is 1. The fourth-order valence-corrected chi connectivity index (χ4v) is 3.70. The predicted molar refractivity (Wildman–Crippen MR) is 88.6 cm³/mol. The molecule has 4 nitrogen and oxygen atoms in total. The summed E-state index contributed by atoms with van der Waals surface area (Å²) in [6.45, 7) is 9.42. The van der Waals surface area contributed by atoms with Gasteiger partial charge < -0.3 is 10.3 Å². The van der Waals surface area contributed by atoms with Crippen LogP contribution in [0.1, 0.15) is 78.6 Å². The zero-order valence-corrected chi connectivity index (χ0v) is 14.4. The summed E-state index contributed by atoms with van der Waals surface area (Å²) in [5.74, 6) is 0.668. The average Bonchev–Trinajstić information content (AvgIpc) is 2.75. The number of Topliss-reactive ketones (excluding diaryl/α,β-unsaturated/α-hetero) is 2. The minimum Gasteiger partial charge on any atom is -0.355 e. The zero-order valence-electron chi connectivity index (χ0n) is 14.4. The summed E-state index contributed by atoms with van der Waals surface area (Å²) in [7, 11) is 0. The van der Waals surface area contributed by atoms with Crippen LogP contribution >= 0.6 is 0 Å². The van der Waals surface area contributed by atoms with Crippen LogP contribution in [0.25, 0.3) is 0 Å². The lowest BCUT2D eigenvalue weighted by molar-refractivity contribution is 0.0927. The van der Waals surface area contributed by atoms with Gasteiger partial charge >= 0.3 is 0 Å². The first kappa shape index (κ1) is 16.9. The summed E-state index contributed by atoms with van der Waals surface area (Å²) in [4.78, 5) is 27.5. The molecule has 1 aliphatic rings. The van der Waals surface area contributed by atoms with E-state index in [0.717, 1.165) is 17.7 Å². The second-order valence-corrected chi connectivity index (χ2v) is 6.80. The Morgan fingerprint density at radius 3 is 2.41 bits per heavy atom. The van der Waals surface area contributed by atoms with Crippen molar-refractivity contribution in [3.63, 3.8) is 0 Å². The molecule has 0 aromatic carbocycles. The van der Waals surface area contributed by atoms with E-state index in [9.17, 15) is 9.59 Å². The summed E-state index contributed by atoms with van der Waals surface area (Å²) >= 11 is 0. The molecule has 1 aliphatic carbocycles. The van der Waals surface area contributed by atoms with Crippen molar-refractivity contribution >= 4 is 11.6 Å². The highest BCUT2D eigenvalue weighted by Crippen LogP contribution is 2.25. The van der Waals surface area contributed by atoms with Crippen molar-refractivity contribution in [2.45, 2.75) is 72.4 Å². The number of hydrogen-bond acceptors (Lipinski definition) is 3. The molecule has 1 aromatic heterocycles. The smallest absolute Gasteiger partial charge is 0.195 e. The monoisotopic (exact) mass is 304 g/mol. The van der Waals surface area contributed by atoms with E-state index >= 15 is 0 Å². The van der Waals surface area contributed by atoms with Crippen molar-refractivity contribution in [2.75, 3.05) is 0 Å². The third-order valence-electron chi connectivity index (χ3n) is 5.00. The molecule has 4 heteroatoms. The molecule has 0 amide bonds. The Bertz CT molecular complexity index is 574. The van der Waals surface area contributed by atoms with E-state index in [-0.39, 0.29) is 17.6 Å². The maximum Gasteiger partial charge on any atom is 0.195 e. The topological polar surface area (TPSA) is 62.0 Å². The molecule has 0 bridgehead atoms. The van der Waals surface area contributed by atoms with Gasteiger partial charge in [-0.3, -0.25) is 9.59 Å². The van der Waals surface area contributed by atoms with Gasteiger partial charge in [0, 0.05) is 17.3 Å². The highest BCUT2D eigenvalue weighted by atomic mass is 16.1. The van der Waals surface area contributed by atoms with Gasteiger partial charge in [0.25, 0.3) is 0 Å². The quantitative estimate of drug-likeness (QED) is 0.817. The minimum absolute atomic E-state index is 0.00631. The van der Waals surface area contributed by atoms with Crippen LogP contribution in [-0.4, -0.2) is 28.6 Å². The van der Waals surface area contributed by atoms with Crippen LogP contribution in [0.4, 0.5) is 0 Å². The number of rotatable bonds is 5. The van der Waals surface area contributed by atoms with E-state index in [0.29, 0.717) is 23.2 Å². The minimum atomic E-state index is -0.234. The third kappa shape index (κ3) is 3.32. The van der Waals surface area contributed by atoms with Crippen LogP contribution in [0.2, 0.25) is 0 Å². The van der Waals surface area contributed by atoms with Crippen LogP contribution in [0.5, 0.6) is 0 Å². The van der Waals surface area contributed by atoms with Crippen LogP contribution in [0, 0.1) is 19.8 Å². The lowest BCUT2D eigenvalue weighted by Crippen LogP contribution is -2.46. The van der Waals surface area contributed by atoms with Crippen molar-refractivity contribution < 1.29 is 9.59 Å². The number of aryl methyl sites for hydroxylation is 1. The highest BCUT2D eigenvalue weighted by molar-refractivity contribution is 6.05. The SMILES string of the molecule is CC(=O)c1c(C)[nH]c(C(=O)[C@H](C)N[C@@H]2CCCC[C@@H]2C)c1C. The molecule has 22 heavy (non-hydrogen) atoms. The Hall–Kier alpha value is -1.42. The van der Waals surface area contributed by atoms with Crippen LogP contribution in [0.15, 0.2) is 0 Å². The third-order valence-corrected chi connectivity index (χ3v) is 5.00. The van der Waals surface area contributed by atoms with E-state index in [1.54, 1.807) is 6.92 Å². The molecule has 3 atom stereocenters. The van der Waals surface area contributed by atoms with Gasteiger partial charge in [0.2, 0.25) is 0 Å². The second kappa shape index (κ2) is 6.78. The summed E-state index contributed by atoms with van der Waals surface area (Å²) in [6, 6.07) is 0.179. The number of H-pyrrole nitrogens is 1. The molecule has 2 N–H and O–H groups in total. The van der Waals surface area contributed by atoms with Crippen molar-refractivity contribution in [3.8, 4) is 0 Å². The fourth-order valence-electron chi connectivity index (χ4n) is 3.70. The summed E-state index contributed by atoms with van der Waals surface area (Å²) in [6.07, 6.45) is 4.89. The molecule has 0 unspecified atom stereocenters. The van der Waals surface area contributed by atoms with E-state index in [1.165, 1.54) is 19.3 Å². The summed E-state index contributed by atoms with van der Waals surface area (Å²) in [5, 5.41) is 3.50. The van der Waals surface area contributed by atoms with Gasteiger partial charge in [0.1, 0.15) is 0 Å². The first-order valence-electron chi connectivity index (χ1n) is 8.33. The van der Waals surface area contributed by atoms with Crippen molar-refractivity contribution in [1.82, 2.24) is 10.3 Å². The number of nitrogens with one attached hydrogen (secondary N) is 2. The summed E-state index contributed by atoms with van der Waals surface area (Å²) in [5.41, 5.74) is 2.79.